The molecule has 0 bridgehead atoms. The van der Waals surface area contributed by atoms with Gasteiger partial charge < -0.3 is 9.47 Å². The summed E-state index contributed by atoms with van der Waals surface area (Å²) in [5.74, 6) is 0.203. The lowest BCUT2D eigenvalue weighted by Gasteiger charge is -2.08. The van der Waals surface area contributed by atoms with Crippen molar-refractivity contribution in [1.82, 2.24) is 4.57 Å². The molecule has 5 heteroatoms. The van der Waals surface area contributed by atoms with Crippen LogP contribution >= 0.6 is 0 Å². The van der Waals surface area contributed by atoms with Gasteiger partial charge in [0.25, 0.3) is 5.91 Å². The SMILES string of the molecule is COc1ccc2c(c1)c(CC(=O)OCC=C(C)CCC=C(C)CCC=C(C)CCC=C(C)C)c(C)n2C(=O)c1ccccc1. The van der Waals surface area contributed by atoms with Gasteiger partial charge in [-0.2, -0.15) is 0 Å². The van der Waals surface area contributed by atoms with Crippen molar-refractivity contribution in [1.29, 1.82) is 0 Å². The fourth-order valence-electron chi connectivity index (χ4n) is 5.24. The van der Waals surface area contributed by atoms with Gasteiger partial charge in [-0.3, -0.25) is 14.2 Å². The minimum absolute atomic E-state index is 0.0717. The average Bonchev–Trinajstić information content (AvgIpc) is 3.26. The van der Waals surface area contributed by atoms with E-state index in [2.05, 4.69) is 52.8 Å². The number of aromatic nitrogens is 1. The summed E-state index contributed by atoms with van der Waals surface area (Å²) in [4.78, 5) is 26.4. The molecule has 0 atom stereocenters. The van der Waals surface area contributed by atoms with E-state index in [1.807, 2.05) is 49.4 Å². The van der Waals surface area contributed by atoms with Crippen LogP contribution in [0.25, 0.3) is 10.9 Å². The molecule has 0 fully saturated rings. The first kappa shape index (κ1) is 34.4. The van der Waals surface area contributed by atoms with Crippen molar-refractivity contribution in [2.75, 3.05) is 13.7 Å². The second-order valence-electron chi connectivity index (χ2n) is 11.9. The summed E-state index contributed by atoms with van der Waals surface area (Å²) in [6, 6.07) is 14.7. The monoisotopic (exact) mass is 595 g/mol. The minimum Gasteiger partial charge on any atom is -0.497 e. The summed E-state index contributed by atoms with van der Waals surface area (Å²) in [6.07, 6.45) is 15.4. The van der Waals surface area contributed by atoms with E-state index >= 15 is 0 Å². The normalized spacial score (nSPS) is 12.4. The third kappa shape index (κ3) is 10.3. The fourth-order valence-corrected chi connectivity index (χ4v) is 5.24. The third-order valence-corrected chi connectivity index (χ3v) is 7.92. The number of fused-ring (bicyclic) bond motifs is 1. The van der Waals surface area contributed by atoms with Crippen molar-refractivity contribution < 1.29 is 19.1 Å². The molecule has 0 saturated heterocycles. The number of esters is 1. The number of methoxy groups -OCH3 is 1. The molecule has 1 aromatic heterocycles. The molecule has 0 spiro atoms. The molecule has 0 unspecified atom stereocenters. The van der Waals surface area contributed by atoms with Crippen LogP contribution in [0.2, 0.25) is 0 Å². The first-order valence-corrected chi connectivity index (χ1v) is 15.6. The summed E-state index contributed by atoms with van der Waals surface area (Å²) in [6.45, 7) is 12.9. The van der Waals surface area contributed by atoms with Crippen LogP contribution in [0.3, 0.4) is 0 Å². The molecular weight excluding hydrogens is 546 g/mol. The average molecular weight is 596 g/mol. The van der Waals surface area contributed by atoms with E-state index in [4.69, 9.17) is 9.47 Å². The first-order chi connectivity index (χ1) is 21.1. The number of nitrogens with zero attached hydrogens (tertiary/aromatic N) is 1. The molecule has 0 aliphatic heterocycles. The van der Waals surface area contributed by atoms with Gasteiger partial charge in [-0.1, -0.05) is 58.7 Å². The standard InChI is InChI=1S/C39H49NO4/c1-28(2)14-11-15-29(3)16-12-17-30(4)18-13-19-31(5)24-25-44-38(41)27-35-32(6)40(39(42)33-20-9-8-10-21-33)37-23-22-34(43-7)26-36(35)37/h8-10,14,16,18,20-24,26H,11-13,15,17,19,25,27H2,1-7H3. The van der Waals surface area contributed by atoms with Crippen LogP contribution in [0.1, 0.15) is 94.8 Å². The minimum atomic E-state index is -0.328. The number of allylic oxidation sites excluding steroid dienone is 7. The van der Waals surface area contributed by atoms with E-state index < -0.39 is 0 Å². The Morgan fingerprint density at radius 2 is 1.36 bits per heavy atom. The Morgan fingerprint density at radius 3 is 1.95 bits per heavy atom. The van der Waals surface area contributed by atoms with Crippen molar-refractivity contribution in [3.63, 3.8) is 0 Å². The van der Waals surface area contributed by atoms with Gasteiger partial charge in [0.15, 0.2) is 0 Å². The Morgan fingerprint density at radius 1 is 0.773 bits per heavy atom. The predicted molar refractivity (Wildman–Crippen MR) is 182 cm³/mol. The van der Waals surface area contributed by atoms with Crippen molar-refractivity contribution in [2.45, 2.75) is 86.5 Å². The Hall–Kier alpha value is -4.12. The van der Waals surface area contributed by atoms with Gasteiger partial charge in [0.2, 0.25) is 0 Å². The van der Waals surface area contributed by atoms with Crippen LogP contribution < -0.4 is 4.74 Å². The summed E-state index contributed by atoms with van der Waals surface area (Å²) >= 11 is 0. The van der Waals surface area contributed by atoms with Crippen molar-refractivity contribution >= 4 is 22.8 Å². The molecule has 3 rings (SSSR count). The number of carbonyl (C=O) groups is 2. The maximum absolute atomic E-state index is 13.4. The smallest absolute Gasteiger partial charge is 0.310 e. The molecule has 3 aromatic rings. The quantitative estimate of drug-likeness (QED) is 0.130. The van der Waals surface area contributed by atoms with E-state index in [1.54, 1.807) is 23.8 Å². The van der Waals surface area contributed by atoms with Crippen molar-refractivity contribution in [3.05, 3.63) is 112 Å². The zero-order valence-corrected chi connectivity index (χ0v) is 27.7. The molecule has 0 N–H and O–H groups in total. The van der Waals surface area contributed by atoms with Crippen LogP contribution in [-0.2, 0) is 16.0 Å². The highest BCUT2D eigenvalue weighted by Gasteiger charge is 2.22. The summed E-state index contributed by atoms with van der Waals surface area (Å²) in [7, 11) is 1.60. The van der Waals surface area contributed by atoms with E-state index in [-0.39, 0.29) is 24.9 Å². The van der Waals surface area contributed by atoms with Gasteiger partial charge in [0.05, 0.1) is 19.0 Å². The van der Waals surface area contributed by atoms with Crippen molar-refractivity contribution in [3.8, 4) is 5.75 Å². The number of hydrogen-bond acceptors (Lipinski definition) is 4. The number of carbonyl (C=O) groups excluding carboxylic acids is 2. The molecule has 0 aliphatic rings. The lowest BCUT2D eigenvalue weighted by molar-refractivity contribution is -0.141. The van der Waals surface area contributed by atoms with Gasteiger partial charge >= 0.3 is 5.97 Å². The molecule has 1 heterocycles. The van der Waals surface area contributed by atoms with Crippen LogP contribution in [0.5, 0.6) is 5.75 Å². The second-order valence-corrected chi connectivity index (χ2v) is 11.9. The van der Waals surface area contributed by atoms with Crippen LogP contribution in [0, 0.1) is 6.92 Å². The van der Waals surface area contributed by atoms with Crippen LogP contribution in [0.15, 0.2) is 95.1 Å². The molecule has 5 nitrogen and oxygen atoms in total. The zero-order valence-electron chi connectivity index (χ0n) is 27.7. The topological polar surface area (TPSA) is 57.5 Å². The Balaban J connectivity index is 1.55. The van der Waals surface area contributed by atoms with Gasteiger partial charge in [0.1, 0.15) is 12.4 Å². The summed E-state index contributed by atoms with van der Waals surface area (Å²) < 4.78 is 12.7. The fraction of sp³-hybridized carbons (Fsp3) is 0.385. The Labute approximate surface area is 264 Å². The zero-order chi connectivity index (χ0) is 32.1. The van der Waals surface area contributed by atoms with Gasteiger partial charge in [-0.15, -0.1) is 0 Å². The Bertz CT molecular complexity index is 1550. The van der Waals surface area contributed by atoms with Gasteiger partial charge in [-0.25, -0.2) is 0 Å². The highest BCUT2D eigenvalue weighted by molar-refractivity contribution is 6.05. The molecule has 0 radical (unpaired) electrons. The number of hydrogen-bond donors (Lipinski definition) is 0. The van der Waals surface area contributed by atoms with E-state index in [0.29, 0.717) is 11.3 Å². The Kier molecular flexibility index (Phi) is 13.5. The lowest BCUT2D eigenvalue weighted by atomic mass is 10.0. The maximum atomic E-state index is 13.4. The predicted octanol–water partition coefficient (Wildman–Crippen LogP) is 9.88. The molecule has 0 amide bonds. The first-order valence-electron chi connectivity index (χ1n) is 15.6. The summed E-state index contributed by atoms with van der Waals surface area (Å²) in [5, 5.41) is 0.811. The molecule has 0 aliphatic carbocycles. The third-order valence-electron chi connectivity index (χ3n) is 7.92. The van der Waals surface area contributed by atoms with E-state index in [0.717, 1.165) is 60.7 Å². The van der Waals surface area contributed by atoms with Gasteiger partial charge in [0, 0.05) is 16.6 Å². The molecule has 44 heavy (non-hydrogen) atoms. The lowest BCUT2D eigenvalue weighted by Crippen LogP contribution is -2.14. The van der Waals surface area contributed by atoms with E-state index in [9.17, 15) is 9.59 Å². The maximum Gasteiger partial charge on any atom is 0.310 e. The highest BCUT2D eigenvalue weighted by Crippen LogP contribution is 2.31. The molecular formula is C39H49NO4. The second kappa shape index (κ2) is 17.2. The molecule has 234 valence electrons. The number of ether oxygens (including phenoxy) is 2. The van der Waals surface area contributed by atoms with E-state index in [1.165, 1.54) is 22.3 Å². The van der Waals surface area contributed by atoms with Crippen LogP contribution in [-0.4, -0.2) is 30.2 Å². The number of benzene rings is 2. The largest absolute Gasteiger partial charge is 0.497 e. The number of rotatable bonds is 15. The molecule has 0 saturated carbocycles. The molecule has 2 aromatic carbocycles. The van der Waals surface area contributed by atoms with Crippen LogP contribution in [0.4, 0.5) is 0 Å². The summed E-state index contributed by atoms with van der Waals surface area (Å²) in [5.41, 5.74) is 8.27. The van der Waals surface area contributed by atoms with Crippen molar-refractivity contribution in [2.24, 2.45) is 0 Å². The van der Waals surface area contributed by atoms with Gasteiger partial charge in [-0.05, 0) is 122 Å². The highest BCUT2D eigenvalue weighted by atomic mass is 16.5.